The number of esters is 1. The average Bonchev–Trinajstić information content (AvgIpc) is 2.92. The summed E-state index contributed by atoms with van der Waals surface area (Å²) >= 11 is 5.01. The predicted molar refractivity (Wildman–Crippen MR) is 83.1 cm³/mol. The molecule has 2 rings (SSSR count). The van der Waals surface area contributed by atoms with Crippen molar-refractivity contribution in [3.63, 3.8) is 0 Å². The van der Waals surface area contributed by atoms with E-state index in [-0.39, 0.29) is 5.57 Å². The van der Waals surface area contributed by atoms with Crippen LogP contribution < -0.4 is 0 Å². The third-order valence-electron chi connectivity index (χ3n) is 2.58. The Kier molecular flexibility index (Phi) is 4.72. The summed E-state index contributed by atoms with van der Waals surface area (Å²) in [6.07, 6.45) is 1.54. The van der Waals surface area contributed by atoms with Crippen LogP contribution in [0.15, 0.2) is 46.4 Å². The Morgan fingerprint density at radius 1 is 1.35 bits per heavy atom. The summed E-state index contributed by atoms with van der Waals surface area (Å²) in [7, 11) is 1.26. The lowest BCUT2D eigenvalue weighted by Crippen LogP contribution is -2.02. The molecule has 1 heterocycles. The minimum atomic E-state index is -0.622. The third-order valence-corrected chi connectivity index (χ3v) is 4.34. The normalized spacial score (nSPS) is 10.9. The van der Waals surface area contributed by atoms with Gasteiger partial charge in [0.2, 0.25) is 0 Å². The van der Waals surface area contributed by atoms with E-state index in [0.717, 1.165) is 19.8 Å². The topological polar surface area (TPSA) is 50.1 Å². The van der Waals surface area contributed by atoms with E-state index in [2.05, 4.69) is 20.7 Å². The number of ether oxygens (including phenoxy) is 1. The molecule has 0 aliphatic rings. The Morgan fingerprint density at radius 2 is 2.10 bits per heavy atom. The quantitative estimate of drug-likeness (QED) is 0.473. The summed E-state index contributed by atoms with van der Waals surface area (Å²) in [6.45, 7) is 0. The van der Waals surface area contributed by atoms with Gasteiger partial charge in [-0.25, -0.2) is 4.79 Å². The first-order valence-electron chi connectivity index (χ1n) is 5.70. The zero-order valence-electron chi connectivity index (χ0n) is 10.6. The molecule has 0 amide bonds. The summed E-state index contributed by atoms with van der Waals surface area (Å²) in [5.74, 6) is -0.622. The summed E-state index contributed by atoms with van der Waals surface area (Å²) < 4.78 is 5.56. The Labute approximate surface area is 129 Å². The van der Waals surface area contributed by atoms with E-state index in [4.69, 9.17) is 5.26 Å². The molecule has 1 aromatic heterocycles. The van der Waals surface area contributed by atoms with Crippen LogP contribution >= 0.6 is 27.3 Å². The van der Waals surface area contributed by atoms with Crippen LogP contribution in [0.3, 0.4) is 0 Å². The number of hydrogen-bond donors (Lipinski definition) is 0. The van der Waals surface area contributed by atoms with Crippen molar-refractivity contribution >= 4 is 39.3 Å². The molecule has 0 radical (unpaired) electrons. The maximum absolute atomic E-state index is 11.4. The lowest BCUT2D eigenvalue weighted by Gasteiger charge is -1.99. The van der Waals surface area contributed by atoms with Gasteiger partial charge in [-0.3, -0.25) is 0 Å². The van der Waals surface area contributed by atoms with Gasteiger partial charge in [0, 0.05) is 19.8 Å². The molecule has 5 heteroatoms. The Morgan fingerprint density at radius 3 is 2.75 bits per heavy atom. The molecule has 20 heavy (non-hydrogen) atoms. The number of carbonyl (C=O) groups excluding carboxylic acids is 1. The monoisotopic (exact) mass is 347 g/mol. The Hall–Kier alpha value is -1.90. The van der Waals surface area contributed by atoms with Crippen LogP contribution in [0, 0.1) is 11.3 Å². The van der Waals surface area contributed by atoms with Gasteiger partial charge in [0.15, 0.2) is 0 Å². The first-order chi connectivity index (χ1) is 9.65. The SMILES string of the molecule is COC(=O)/C(C#N)=C/c1ccc(-c2ccccc2Br)s1. The van der Waals surface area contributed by atoms with Crippen LogP contribution in [0.5, 0.6) is 0 Å². The molecule has 0 saturated heterocycles. The van der Waals surface area contributed by atoms with Crippen LogP contribution in [0.1, 0.15) is 4.88 Å². The number of hydrogen-bond acceptors (Lipinski definition) is 4. The molecule has 3 nitrogen and oxygen atoms in total. The van der Waals surface area contributed by atoms with Crippen LogP contribution in [0.25, 0.3) is 16.5 Å². The molecule has 0 aliphatic carbocycles. The molecule has 0 aliphatic heterocycles. The second-order valence-corrected chi connectivity index (χ2v) is 5.81. The minimum absolute atomic E-state index is 0.00646. The fourth-order valence-electron chi connectivity index (χ4n) is 1.63. The van der Waals surface area contributed by atoms with Crippen LogP contribution in [-0.4, -0.2) is 13.1 Å². The molecule has 0 saturated carbocycles. The van der Waals surface area contributed by atoms with Crippen LogP contribution in [0.4, 0.5) is 0 Å². The highest BCUT2D eigenvalue weighted by atomic mass is 79.9. The van der Waals surface area contributed by atoms with Gasteiger partial charge in [0.05, 0.1) is 7.11 Å². The lowest BCUT2D eigenvalue weighted by molar-refractivity contribution is -0.135. The molecular weight excluding hydrogens is 338 g/mol. The van der Waals surface area contributed by atoms with Crippen molar-refractivity contribution in [2.24, 2.45) is 0 Å². The summed E-state index contributed by atoms with van der Waals surface area (Å²) in [5.41, 5.74) is 1.07. The molecule has 2 aromatic rings. The van der Waals surface area contributed by atoms with E-state index in [9.17, 15) is 4.79 Å². The molecule has 0 spiro atoms. The summed E-state index contributed by atoms with van der Waals surface area (Å²) in [6, 6.07) is 13.6. The van der Waals surface area contributed by atoms with Crippen molar-refractivity contribution in [2.75, 3.05) is 7.11 Å². The van der Waals surface area contributed by atoms with E-state index in [0.29, 0.717) is 0 Å². The molecule has 1 aromatic carbocycles. The van der Waals surface area contributed by atoms with Gasteiger partial charge in [-0.05, 0) is 24.3 Å². The van der Waals surface area contributed by atoms with Crippen molar-refractivity contribution in [1.29, 1.82) is 5.26 Å². The number of benzene rings is 1. The highest BCUT2D eigenvalue weighted by Crippen LogP contribution is 2.34. The Bertz CT molecular complexity index is 713. The van der Waals surface area contributed by atoms with Crippen molar-refractivity contribution in [2.45, 2.75) is 0 Å². The van der Waals surface area contributed by atoms with Crippen LogP contribution in [0.2, 0.25) is 0 Å². The second-order valence-electron chi connectivity index (χ2n) is 3.84. The number of carbonyl (C=O) groups is 1. The lowest BCUT2D eigenvalue weighted by atomic mass is 10.2. The fraction of sp³-hybridized carbons (Fsp3) is 0.0667. The number of methoxy groups -OCH3 is 1. The molecule has 100 valence electrons. The maximum atomic E-state index is 11.4. The molecular formula is C15H10BrNO2S. The highest BCUT2D eigenvalue weighted by molar-refractivity contribution is 9.10. The van der Waals surface area contributed by atoms with Gasteiger partial charge >= 0.3 is 5.97 Å². The number of halogens is 1. The number of nitrogens with zero attached hydrogens (tertiary/aromatic N) is 1. The number of nitriles is 1. The largest absolute Gasteiger partial charge is 0.465 e. The van der Waals surface area contributed by atoms with Gasteiger partial charge < -0.3 is 4.74 Å². The number of thiophene rings is 1. The number of rotatable bonds is 3. The zero-order chi connectivity index (χ0) is 14.5. The van der Waals surface area contributed by atoms with Crippen molar-refractivity contribution < 1.29 is 9.53 Å². The third kappa shape index (κ3) is 3.16. The average molecular weight is 348 g/mol. The fourth-order valence-corrected chi connectivity index (χ4v) is 3.25. The van der Waals surface area contributed by atoms with Gasteiger partial charge in [0.25, 0.3) is 0 Å². The van der Waals surface area contributed by atoms with E-state index in [1.807, 2.05) is 42.5 Å². The van der Waals surface area contributed by atoms with E-state index >= 15 is 0 Å². The molecule has 0 bridgehead atoms. The van der Waals surface area contributed by atoms with Gasteiger partial charge in [-0.2, -0.15) is 5.26 Å². The van der Waals surface area contributed by atoms with E-state index in [1.165, 1.54) is 24.5 Å². The second kappa shape index (κ2) is 6.51. The van der Waals surface area contributed by atoms with Crippen molar-refractivity contribution in [3.8, 4) is 16.5 Å². The Balaban J connectivity index is 2.35. The predicted octanol–water partition coefficient (Wildman–Crippen LogP) is 4.26. The zero-order valence-corrected chi connectivity index (χ0v) is 13.0. The van der Waals surface area contributed by atoms with Crippen molar-refractivity contribution in [3.05, 3.63) is 51.3 Å². The maximum Gasteiger partial charge on any atom is 0.348 e. The van der Waals surface area contributed by atoms with Crippen molar-refractivity contribution in [1.82, 2.24) is 0 Å². The molecule has 0 atom stereocenters. The van der Waals surface area contributed by atoms with Crippen LogP contribution in [-0.2, 0) is 9.53 Å². The highest BCUT2D eigenvalue weighted by Gasteiger charge is 2.10. The summed E-state index contributed by atoms with van der Waals surface area (Å²) in [4.78, 5) is 13.3. The van der Waals surface area contributed by atoms with Gasteiger partial charge in [-0.15, -0.1) is 11.3 Å². The molecule has 0 fully saturated rings. The first-order valence-corrected chi connectivity index (χ1v) is 7.31. The first kappa shape index (κ1) is 14.5. The minimum Gasteiger partial charge on any atom is -0.465 e. The van der Waals surface area contributed by atoms with Gasteiger partial charge in [0.1, 0.15) is 11.6 Å². The van der Waals surface area contributed by atoms with Gasteiger partial charge in [-0.1, -0.05) is 34.1 Å². The van der Waals surface area contributed by atoms with E-state index < -0.39 is 5.97 Å². The standard InChI is InChI=1S/C15H10BrNO2S/c1-19-15(18)10(9-17)8-11-6-7-14(20-11)12-4-2-3-5-13(12)16/h2-8H,1H3/b10-8+. The smallest absolute Gasteiger partial charge is 0.348 e. The molecule has 0 N–H and O–H groups in total. The summed E-state index contributed by atoms with van der Waals surface area (Å²) in [5, 5.41) is 8.93. The molecule has 0 unspecified atom stereocenters. The van der Waals surface area contributed by atoms with E-state index in [1.54, 1.807) is 0 Å².